The molecule has 2 amide bonds. The quantitative estimate of drug-likeness (QED) is 0.331. The first-order chi connectivity index (χ1) is 20.3. The van der Waals surface area contributed by atoms with Crippen LogP contribution >= 0.6 is 11.6 Å². The summed E-state index contributed by atoms with van der Waals surface area (Å²) in [5, 5.41) is 3.31. The lowest BCUT2D eigenvalue weighted by Gasteiger charge is -2.35. The first-order valence-electron chi connectivity index (χ1n) is 13.8. The van der Waals surface area contributed by atoms with Crippen LogP contribution in [0.15, 0.2) is 71.6 Å². The van der Waals surface area contributed by atoms with Gasteiger partial charge in [-0.1, -0.05) is 36.7 Å². The van der Waals surface area contributed by atoms with E-state index in [9.17, 15) is 22.4 Å². The van der Waals surface area contributed by atoms with Crippen LogP contribution in [0.1, 0.15) is 39.7 Å². The third-order valence-corrected chi connectivity index (χ3v) is 8.82. The lowest BCUT2D eigenvalue weighted by atomic mass is 10.1. The molecule has 1 aliphatic heterocycles. The van der Waals surface area contributed by atoms with Gasteiger partial charge in [-0.2, -0.15) is 0 Å². The molecule has 1 atom stereocenters. The SMILES string of the molecule is CC[C@@H](C(=O)NC(C)(C)C)N(Cc1ccccc1Cl)C(=O)CN(c1ccc(F)cc1)S(=O)(=O)c1ccc2c(c1)OCCO2. The van der Waals surface area contributed by atoms with Crippen molar-refractivity contribution in [3.63, 3.8) is 0 Å². The maximum atomic E-state index is 14.2. The van der Waals surface area contributed by atoms with E-state index in [1.165, 1.54) is 35.2 Å². The van der Waals surface area contributed by atoms with E-state index in [-0.39, 0.29) is 35.9 Å². The highest BCUT2D eigenvalue weighted by Gasteiger charge is 2.35. The number of nitrogens with zero attached hydrogens (tertiary/aromatic N) is 2. The van der Waals surface area contributed by atoms with Crippen LogP contribution in [0, 0.1) is 5.82 Å². The van der Waals surface area contributed by atoms with Crippen molar-refractivity contribution in [1.29, 1.82) is 0 Å². The van der Waals surface area contributed by atoms with Crippen molar-refractivity contribution < 1.29 is 31.9 Å². The minimum absolute atomic E-state index is 0.0457. The summed E-state index contributed by atoms with van der Waals surface area (Å²) < 4.78 is 54.1. The van der Waals surface area contributed by atoms with Crippen molar-refractivity contribution in [2.75, 3.05) is 24.1 Å². The molecule has 43 heavy (non-hydrogen) atoms. The lowest BCUT2D eigenvalue weighted by molar-refractivity contribution is -0.141. The van der Waals surface area contributed by atoms with Crippen molar-refractivity contribution >= 4 is 39.1 Å². The molecule has 0 aromatic heterocycles. The first-order valence-corrected chi connectivity index (χ1v) is 15.6. The summed E-state index contributed by atoms with van der Waals surface area (Å²) in [5.74, 6) is -0.962. The van der Waals surface area contributed by atoms with E-state index in [0.29, 0.717) is 22.9 Å². The molecule has 12 heteroatoms. The van der Waals surface area contributed by atoms with E-state index in [1.54, 1.807) is 31.2 Å². The van der Waals surface area contributed by atoms with Crippen LogP contribution in [-0.2, 0) is 26.2 Å². The van der Waals surface area contributed by atoms with E-state index in [2.05, 4.69) is 5.32 Å². The van der Waals surface area contributed by atoms with Crippen molar-refractivity contribution in [2.45, 2.75) is 57.1 Å². The smallest absolute Gasteiger partial charge is 0.264 e. The average molecular weight is 632 g/mol. The predicted octanol–water partition coefficient (Wildman–Crippen LogP) is 5.17. The molecule has 0 spiro atoms. The number of halogens is 2. The van der Waals surface area contributed by atoms with Crippen molar-refractivity contribution in [3.05, 3.63) is 83.1 Å². The summed E-state index contributed by atoms with van der Waals surface area (Å²) in [6.07, 6.45) is 0.254. The van der Waals surface area contributed by atoms with E-state index in [4.69, 9.17) is 21.1 Å². The first kappa shape index (κ1) is 32.1. The Labute approximate surface area is 256 Å². The summed E-state index contributed by atoms with van der Waals surface area (Å²) >= 11 is 6.43. The predicted molar refractivity (Wildman–Crippen MR) is 162 cm³/mol. The number of nitrogens with one attached hydrogen (secondary N) is 1. The molecule has 0 saturated carbocycles. The van der Waals surface area contributed by atoms with Crippen molar-refractivity contribution in [1.82, 2.24) is 10.2 Å². The Morgan fingerprint density at radius 1 is 1.00 bits per heavy atom. The van der Waals surface area contributed by atoms with E-state index >= 15 is 0 Å². The lowest BCUT2D eigenvalue weighted by Crippen LogP contribution is -2.55. The molecule has 0 radical (unpaired) electrons. The topological polar surface area (TPSA) is 105 Å². The second-order valence-corrected chi connectivity index (χ2v) is 13.3. The Bertz CT molecular complexity index is 1580. The Kier molecular flexibility index (Phi) is 9.86. The zero-order chi connectivity index (χ0) is 31.4. The minimum Gasteiger partial charge on any atom is -0.486 e. The molecule has 230 valence electrons. The molecule has 1 aliphatic rings. The van der Waals surface area contributed by atoms with Crippen LogP contribution in [0.5, 0.6) is 11.5 Å². The summed E-state index contributed by atoms with van der Waals surface area (Å²) in [4.78, 5) is 28.8. The number of hydrogen-bond acceptors (Lipinski definition) is 6. The van der Waals surface area contributed by atoms with Gasteiger partial charge in [0.25, 0.3) is 10.0 Å². The fourth-order valence-electron chi connectivity index (χ4n) is 4.63. The van der Waals surface area contributed by atoms with Gasteiger partial charge in [-0.25, -0.2) is 12.8 Å². The Balaban J connectivity index is 1.76. The number of anilines is 1. The zero-order valence-corrected chi connectivity index (χ0v) is 26.0. The second kappa shape index (κ2) is 13.2. The molecule has 0 bridgehead atoms. The van der Waals surface area contributed by atoms with Gasteiger partial charge in [-0.05, 0) is 75.2 Å². The summed E-state index contributed by atoms with van der Waals surface area (Å²) in [7, 11) is -4.39. The number of rotatable bonds is 10. The summed E-state index contributed by atoms with van der Waals surface area (Å²) in [6, 6.07) is 14.9. The average Bonchev–Trinajstić information content (AvgIpc) is 2.96. The highest BCUT2D eigenvalue weighted by molar-refractivity contribution is 7.92. The van der Waals surface area contributed by atoms with Crippen molar-refractivity contribution in [3.8, 4) is 11.5 Å². The minimum atomic E-state index is -4.39. The monoisotopic (exact) mass is 631 g/mol. The molecule has 1 heterocycles. The van der Waals surface area contributed by atoms with Gasteiger partial charge in [-0.15, -0.1) is 0 Å². The fraction of sp³-hybridized carbons (Fsp3) is 0.355. The molecule has 0 saturated heterocycles. The molecular weight excluding hydrogens is 597 g/mol. The van der Waals surface area contributed by atoms with Gasteiger partial charge in [-0.3, -0.25) is 13.9 Å². The number of benzene rings is 3. The van der Waals surface area contributed by atoms with E-state index in [0.717, 1.165) is 16.4 Å². The second-order valence-electron chi connectivity index (χ2n) is 11.1. The van der Waals surface area contributed by atoms with Crippen LogP contribution in [0.4, 0.5) is 10.1 Å². The Morgan fingerprint density at radius 2 is 1.65 bits per heavy atom. The highest BCUT2D eigenvalue weighted by Crippen LogP contribution is 2.34. The molecule has 3 aromatic carbocycles. The number of carbonyl (C=O) groups excluding carboxylic acids is 2. The number of ether oxygens (including phenoxy) is 2. The number of carbonyl (C=O) groups is 2. The van der Waals surface area contributed by atoms with Gasteiger partial charge < -0.3 is 19.7 Å². The molecule has 0 fully saturated rings. The van der Waals surface area contributed by atoms with Gasteiger partial charge in [0.1, 0.15) is 31.6 Å². The number of sulfonamides is 1. The van der Waals surface area contributed by atoms with E-state index in [1.807, 2.05) is 20.8 Å². The van der Waals surface area contributed by atoms with Gasteiger partial charge in [0.05, 0.1) is 10.6 Å². The Hall–Kier alpha value is -3.83. The third kappa shape index (κ3) is 7.77. The van der Waals surface area contributed by atoms with Gasteiger partial charge in [0, 0.05) is 23.2 Å². The zero-order valence-electron chi connectivity index (χ0n) is 24.5. The molecule has 4 rings (SSSR count). The maximum Gasteiger partial charge on any atom is 0.264 e. The normalized spacial score (nSPS) is 13.6. The van der Waals surface area contributed by atoms with Crippen LogP contribution in [0.2, 0.25) is 5.02 Å². The third-order valence-electron chi connectivity index (χ3n) is 6.68. The van der Waals surface area contributed by atoms with E-state index < -0.39 is 45.8 Å². The summed E-state index contributed by atoms with van der Waals surface area (Å²) in [6.45, 7) is 7.11. The highest BCUT2D eigenvalue weighted by atomic mass is 35.5. The van der Waals surface area contributed by atoms with Gasteiger partial charge in [0.15, 0.2) is 11.5 Å². The largest absolute Gasteiger partial charge is 0.486 e. The van der Waals surface area contributed by atoms with Crippen LogP contribution in [0.3, 0.4) is 0 Å². The maximum absolute atomic E-state index is 14.2. The summed E-state index contributed by atoms with van der Waals surface area (Å²) in [5.41, 5.74) is 0.0720. The van der Waals surface area contributed by atoms with Gasteiger partial charge in [0.2, 0.25) is 11.8 Å². The van der Waals surface area contributed by atoms with Crippen LogP contribution < -0.4 is 19.1 Å². The van der Waals surface area contributed by atoms with Gasteiger partial charge >= 0.3 is 0 Å². The molecule has 0 aliphatic carbocycles. The Morgan fingerprint density at radius 3 is 2.28 bits per heavy atom. The fourth-order valence-corrected chi connectivity index (χ4v) is 6.26. The van der Waals surface area contributed by atoms with Crippen LogP contribution in [-0.4, -0.2) is 56.5 Å². The molecule has 3 aromatic rings. The number of amides is 2. The van der Waals surface area contributed by atoms with Crippen LogP contribution in [0.25, 0.3) is 0 Å². The molecule has 1 N–H and O–H groups in total. The number of fused-ring (bicyclic) bond motifs is 1. The molecule has 9 nitrogen and oxygen atoms in total. The van der Waals surface area contributed by atoms with Crippen molar-refractivity contribution in [2.24, 2.45) is 0 Å². The standard InChI is InChI=1S/C31H35ClFN3O6S/c1-5-26(30(38)34-31(2,3)4)35(19-21-8-6-7-9-25(21)32)29(37)20-36(23-12-10-22(33)11-13-23)43(39,40)24-14-15-27-28(18-24)42-17-16-41-27/h6-15,18,26H,5,16-17,19-20H2,1-4H3,(H,34,38)/t26-/m0/s1. The molecular formula is C31H35ClFN3O6S. The molecule has 0 unspecified atom stereocenters. The number of hydrogen-bond donors (Lipinski definition) is 1.